The molecular weight excluding hydrogens is 268 g/mol. The summed E-state index contributed by atoms with van der Waals surface area (Å²) in [5.74, 6) is 0.307. The maximum atomic E-state index is 11.1. The van der Waals surface area contributed by atoms with E-state index in [1.807, 2.05) is 6.07 Å². The van der Waals surface area contributed by atoms with Crippen LogP contribution in [0.3, 0.4) is 0 Å². The molecule has 0 aliphatic carbocycles. The number of fused-ring (bicyclic) bond motifs is 1. The third-order valence-corrected chi connectivity index (χ3v) is 2.97. The number of nitrogens with zero attached hydrogens (tertiary/aromatic N) is 1. The van der Waals surface area contributed by atoms with Crippen molar-refractivity contribution in [2.75, 3.05) is 25.1 Å². The van der Waals surface area contributed by atoms with Gasteiger partial charge in [-0.05, 0) is 30.2 Å². The standard InChI is InChI=1S/C16H20N2O3/c1-11(2)10-21-9-8-17-15-7-6-12-13(16(19)20)4-3-5-14(12)18-15/h3-7,11H,8-10H2,1-2H3,(H,17,18)(H,19,20). The largest absolute Gasteiger partial charge is 0.478 e. The van der Waals surface area contributed by atoms with Crippen molar-refractivity contribution >= 4 is 22.7 Å². The monoisotopic (exact) mass is 288 g/mol. The van der Waals surface area contributed by atoms with Crippen LogP contribution in [0.15, 0.2) is 30.3 Å². The maximum Gasteiger partial charge on any atom is 0.336 e. The van der Waals surface area contributed by atoms with E-state index in [9.17, 15) is 4.79 Å². The Morgan fingerprint density at radius 1 is 1.33 bits per heavy atom. The van der Waals surface area contributed by atoms with Crippen LogP contribution in [0.1, 0.15) is 24.2 Å². The molecule has 0 saturated heterocycles. The minimum Gasteiger partial charge on any atom is -0.478 e. The summed E-state index contributed by atoms with van der Waals surface area (Å²) < 4.78 is 5.49. The fraction of sp³-hybridized carbons (Fsp3) is 0.375. The molecule has 0 aliphatic rings. The number of carboxylic acids is 1. The van der Waals surface area contributed by atoms with Gasteiger partial charge >= 0.3 is 5.97 Å². The summed E-state index contributed by atoms with van der Waals surface area (Å²) in [5, 5.41) is 13.0. The first-order chi connectivity index (χ1) is 10.1. The third kappa shape index (κ3) is 4.16. The number of nitrogens with one attached hydrogen (secondary N) is 1. The molecule has 0 saturated carbocycles. The molecule has 0 fully saturated rings. The second-order valence-electron chi connectivity index (χ2n) is 5.27. The summed E-state index contributed by atoms with van der Waals surface area (Å²) in [6, 6.07) is 8.66. The number of aromatic nitrogens is 1. The number of rotatable bonds is 7. The van der Waals surface area contributed by atoms with E-state index < -0.39 is 5.97 Å². The Morgan fingerprint density at radius 3 is 2.86 bits per heavy atom. The fourth-order valence-corrected chi connectivity index (χ4v) is 2.01. The molecule has 0 amide bonds. The predicted molar refractivity (Wildman–Crippen MR) is 82.8 cm³/mol. The smallest absolute Gasteiger partial charge is 0.336 e. The van der Waals surface area contributed by atoms with Crippen molar-refractivity contribution < 1.29 is 14.6 Å². The second kappa shape index (κ2) is 7.04. The number of hydrogen-bond donors (Lipinski definition) is 2. The number of carbonyl (C=O) groups is 1. The Bertz CT molecular complexity index is 626. The highest BCUT2D eigenvalue weighted by Crippen LogP contribution is 2.19. The van der Waals surface area contributed by atoms with Crippen molar-refractivity contribution in [3.63, 3.8) is 0 Å². The summed E-state index contributed by atoms with van der Waals surface area (Å²) in [6.07, 6.45) is 0. The molecule has 0 unspecified atom stereocenters. The van der Waals surface area contributed by atoms with E-state index in [-0.39, 0.29) is 5.56 Å². The molecule has 2 rings (SSSR count). The SMILES string of the molecule is CC(C)COCCNc1ccc2c(C(=O)O)cccc2n1. The lowest BCUT2D eigenvalue weighted by Crippen LogP contribution is -2.12. The minimum atomic E-state index is -0.940. The first-order valence-corrected chi connectivity index (χ1v) is 7.02. The van der Waals surface area contributed by atoms with Gasteiger partial charge in [0, 0.05) is 18.5 Å². The van der Waals surface area contributed by atoms with Crippen molar-refractivity contribution in [3.05, 3.63) is 35.9 Å². The van der Waals surface area contributed by atoms with Crippen LogP contribution in [0.2, 0.25) is 0 Å². The molecule has 1 aromatic heterocycles. The zero-order valence-corrected chi connectivity index (χ0v) is 12.3. The molecule has 2 N–H and O–H groups in total. The fourth-order valence-electron chi connectivity index (χ4n) is 2.01. The molecule has 5 nitrogen and oxygen atoms in total. The van der Waals surface area contributed by atoms with Crippen LogP contribution in [0.25, 0.3) is 10.9 Å². The summed E-state index contributed by atoms with van der Waals surface area (Å²) >= 11 is 0. The number of pyridine rings is 1. The molecule has 0 atom stereocenters. The number of benzene rings is 1. The number of anilines is 1. The van der Waals surface area contributed by atoms with Crippen LogP contribution in [0.5, 0.6) is 0 Å². The molecule has 0 aliphatic heterocycles. The van der Waals surface area contributed by atoms with Gasteiger partial charge in [0.25, 0.3) is 0 Å². The first kappa shape index (κ1) is 15.3. The lowest BCUT2D eigenvalue weighted by Gasteiger charge is -2.09. The molecule has 112 valence electrons. The van der Waals surface area contributed by atoms with Crippen LogP contribution in [-0.2, 0) is 4.74 Å². The van der Waals surface area contributed by atoms with Gasteiger partial charge in [0.2, 0.25) is 0 Å². The zero-order chi connectivity index (χ0) is 15.2. The van der Waals surface area contributed by atoms with Crippen LogP contribution in [0, 0.1) is 5.92 Å². The van der Waals surface area contributed by atoms with Crippen LogP contribution in [-0.4, -0.2) is 35.8 Å². The van der Waals surface area contributed by atoms with E-state index in [0.29, 0.717) is 30.0 Å². The zero-order valence-electron chi connectivity index (χ0n) is 12.3. The van der Waals surface area contributed by atoms with Crippen LogP contribution >= 0.6 is 0 Å². The topological polar surface area (TPSA) is 71.5 Å². The Kier molecular flexibility index (Phi) is 5.11. The number of ether oxygens (including phenoxy) is 1. The van der Waals surface area contributed by atoms with Gasteiger partial charge in [-0.3, -0.25) is 0 Å². The van der Waals surface area contributed by atoms with Crippen molar-refractivity contribution in [1.29, 1.82) is 0 Å². The Morgan fingerprint density at radius 2 is 2.14 bits per heavy atom. The van der Waals surface area contributed by atoms with Gasteiger partial charge in [-0.15, -0.1) is 0 Å². The van der Waals surface area contributed by atoms with Gasteiger partial charge in [-0.25, -0.2) is 9.78 Å². The average molecular weight is 288 g/mol. The van der Waals surface area contributed by atoms with E-state index in [0.717, 1.165) is 12.4 Å². The Balaban J connectivity index is 2.01. The van der Waals surface area contributed by atoms with Crippen molar-refractivity contribution in [2.45, 2.75) is 13.8 Å². The number of aromatic carboxylic acids is 1. The quantitative estimate of drug-likeness (QED) is 0.766. The van der Waals surface area contributed by atoms with Crippen molar-refractivity contribution in [3.8, 4) is 0 Å². The van der Waals surface area contributed by atoms with Gasteiger partial charge in [0.05, 0.1) is 17.7 Å². The minimum absolute atomic E-state index is 0.270. The second-order valence-corrected chi connectivity index (χ2v) is 5.27. The normalized spacial score (nSPS) is 11.0. The lowest BCUT2D eigenvalue weighted by atomic mass is 10.1. The van der Waals surface area contributed by atoms with Gasteiger partial charge in [-0.1, -0.05) is 19.9 Å². The first-order valence-electron chi connectivity index (χ1n) is 7.02. The average Bonchev–Trinajstić information content (AvgIpc) is 2.45. The van der Waals surface area contributed by atoms with E-state index in [1.54, 1.807) is 24.3 Å². The molecule has 21 heavy (non-hydrogen) atoms. The molecular formula is C16H20N2O3. The molecule has 2 aromatic rings. The van der Waals surface area contributed by atoms with E-state index in [2.05, 4.69) is 24.1 Å². The van der Waals surface area contributed by atoms with Crippen LogP contribution < -0.4 is 5.32 Å². The van der Waals surface area contributed by atoms with Crippen molar-refractivity contribution in [1.82, 2.24) is 4.98 Å². The van der Waals surface area contributed by atoms with Gasteiger partial charge in [0.1, 0.15) is 5.82 Å². The summed E-state index contributed by atoms with van der Waals surface area (Å²) in [5.41, 5.74) is 0.940. The molecule has 0 spiro atoms. The molecule has 5 heteroatoms. The van der Waals surface area contributed by atoms with Crippen LogP contribution in [0.4, 0.5) is 5.82 Å². The summed E-state index contributed by atoms with van der Waals surface area (Å²) in [4.78, 5) is 15.6. The van der Waals surface area contributed by atoms with Gasteiger partial charge < -0.3 is 15.2 Å². The number of carboxylic acid groups (broad SMARTS) is 1. The molecule has 0 bridgehead atoms. The summed E-state index contributed by atoms with van der Waals surface area (Å²) in [7, 11) is 0. The highest BCUT2D eigenvalue weighted by molar-refractivity contribution is 6.02. The van der Waals surface area contributed by atoms with Crippen molar-refractivity contribution in [2.24, 2.45) is 5.92 Å². The number of hydrogen-bond acceptors (Lipinski definition) is 4. The molecule has 1 aromatic carbocycles. The molecule has 1 heterocycles. The Labute approximate surface area is 124 Å². The summed E-state index contributed by atoms with van der Waals surface area (Å²) in [6.45, 7) is 6.25. The van der Waals surface area contributed by atoms with E-state index >= 15 is 0 Å². The highest BCUT2D eigenvalue weighted by atomic mass is 16.5. The lowest BCUT2D eigenvalue weighted by molar-refractivity contribution is 0.0699. The van der Waals surface area contributed by atoms with Gasteiger partial charge in [0.15, 0.2) is 0 Å². The predicted octanol–water partition coefficient (Wildman–Crippen LogP) is 3.02. The van der Waals surface area contributed by atoms with E-state index in [4.69, 9.17) is 9.84 Å². The maximum absolute atomic E-state index is 11.1. The highest BCUT2D eigenvalue weighted by Gasteiger charge is 2.08. The Hall–Kier alpha value is -2.14. The van der Waals surface area contributed by atoms with Gasteiger partial charge in [-0.2, -0.15) is 0 Å². The molecule has 0 radical (unpaired) electrons. The van der Waals surface area contributed by atoms with E-state index in [1.165, 1.54) is 0 Å². The third-order valence-electron chi connectivity index (χ3n) is 2.97.